The highest BCUT2D eigenvalue weighted by atomic mass is 127. The van der Waals surface area contributed by atoms with Gasteiger partial charge in [-0.2, -0.15) is 4.52 Å². The van der Waals surface area contributed by atoms with Crippen molar-refractivity contribution < 1.29 is 4.79 Å². The number of amides is 1. The van der Waals surface area contributed by atoms with Crippen molar-refractivity contribution >= 4 is 40.0 Å². The van der Waals surface area contributed by atoms with Crippen molar-refractivity contribution in [2.45, 2.75) is 0 Å². The number of nitrogens with zero attached hydrogens (tertiary/aromatic N) is 4. The fraction of sp³-hybridized carbons (Fsp3) is 0. The minimum atomic E-state index is -0.230. The molecule has 1 aromatic carbocycles. The van der Waals surface area contributed by atoms with Crippen LogP contribution in [0.1, 0.15) is 10.4 Å². The van der Waals surface area contributed by atoms with E-state index in [4.69, 9.17) is 0 Å². The maximum Gasteiger partial charge on any atom is 0.269 e. The molecule has 1 amide bonds. The van der Waals surface area contributed by atoms with E-state index < -0.39 is 0 Å². The molecular weight excluding hydrogens is 371 g/mol. The molecule has 100 valence electrons. The summed E-state index contributed by atoms with van der Waals surface area (Å²) in [7, 11) is 0. The lowest BCUT2D eigenvalue weighted by atomic mass is 10.2. The number of hydrogen-bond donors (Lipinski definition) is 2. The standard InChI is InChI=1S/C12H9IN6O/c13-9-3-1-8(2-4-9)12(20)17-15-10-5-6-11-16-14-7-19(11)18-10/h1-7H,(H,15,18)(H,17,20). The smallest absolute Gasteiger partial charge is 0.269 e. The second-order valence-electron chi connectivity index (χ2n) is 3.94. The Bertz CT molecular complexity index is 754. The van der Waals surface area contributed by atoms with Crippen LogP contribution in [-0.4, -0.2) is 25.7 Å². The topological polar surface area (TPSA) is 84.2 Å². The Labute approximate surface area is 127 Å². The molecule has 20 heavy (non-hydrogen) atoms. The lowest BCUT2D eigenvalue weighted by Gasteiger charge is -2.07. The molecule has 2 N–H and O–H groups in total. The van der Waals surface area contributed by atoms with Crippen LogP contribution in [0.4, 0.5) is 5.82 Å². The van der Waals surface area contributed by atoms with E-state index >= 15 is 0 Å². The largest absolute Gasteiger partial charge is 0.280 e. The van der Waals surface area contributed by atoms with E-state index in [0.717, 1.165) is 3.57 Å². The Morgan fingerprint density at radius 2 is 1.95 bits per heavy atom. The first kappa shape index (κ1) is 12.8. The van der Waals surface area contributed by atoms with E-state index in [0.29, 0.717) is 17.0 Å². The van der Waals surface area contributed by atoms with E-state index in [2.05, 4.69) is 48.7 Å². The molecule has 0 spiro atoms. The number of benzene rings is 1. The summed E-state index contributed by atoms with van der Waals surface area (Å²) in [6, 6.07) is 10.7. The molecule has 0 aliphatic rings. The van der Waals surface area contributed by atoms with E-state index in [9.17, 15) is 4.79 Å². The zero-order valence-electron chi connectivity index (χ0n) is 10.1. The summed E-state index contributed by atoms with van der Waals surface area (Å²) in [5.41, 5.74) is 6.55. The number of hydrogen-bond acceptors (Lipinski definition) is 5. The summed E-state index contributed by atoms with van der Waals surface area (Å²) >= 11 is 2.19. The van der Waals surface area contributed by atoms with Crippen LogP contribution in [0, 0.1) is 3.57 Å². The number of hydrazine groups is 1. The van der Waals surface area contributed by atoms with Crippen LogP contribution in [-0.2, 0) is 0 Å². The lowest BCUT2D eigenvalue weighted by molar-refractivity contribution is 0.0962. The van der Waals surface area contributed by atoms with Gasteiger partial charge in [-0.15, -0.1) is 15.3 Å². The first-order valence-electron chi connectivity index (χ1n) is 5.71. The number of carbonyl (C=O) groups is 1. The molecule has 7 nitrogen and oxygen atoms in total. The van der Waals surface area contributed by atoms with Gasteiger partial charge in [-0.25, -0.2) is 0 Å². The predicted molar refractivity (Wildman–Crippen MR) is 81.0 cm³/mol. The van der Waals surface area contributed by atoms with Crippen molar-refractivity contribution in [2.75, 3.05) is 5.43 Å². The van der Waals surface area contributed by atoms with Crippen molar-refractivity contribution in [1.82, 2.24) is 25.2 Å². The number of fused-ring (bicyclic) bond motifs is 1. The molecular formula is C12H9IN6O. The minimum Gasteiger partial charge on any atom is -0.280 e. The van der Waals surface area contributed by atoms with Crippen molar-refractivity contribution in [3.05, 3.63) is 51.9 Å². The second-order valence-corrected chi connectivity index (χ2v) is 5.18. The van der Waals surface area contributed by atoms with Crippen molar-refractivity contribution in [3.63, 3.8) is 0 Å². The van der Waals surface area contributed by atoms with E-state index in [1.165, 1.54) is 10.8 Å². The SMILES string of the molecule is O=C(NNc1ccc2nncn2n1)c1ccc(I)cc1. The van der Waals surface area contributed by atoms with E-state index in [1.807, 2.05) is 12.1 Å². The number of rotatable bonds is 3. The Kier molecular flexibility index (Phi) is 3.46. The number of halogens is 1. The number of aromatic nitrogens is 4. The van der Waals surface area contributed by atoms with Crippen LogP contribution >= 0.6 is 22.6 Å². The van der Waals surface area contributed by atoms with Gasteiger partial charge in [0.25, 0.3) is 5.91 Å². The molecule has 2 heterocycles. The van der Waals surface area contributed by atoms with Gasteiger partial charge in [0.05, 0.1) is 0 Å². The fourth-order valence-corrected chi connectivity index (χ4v) is 1.95. The number of anilines is 1. The monoisotopic (exact) mass is 380 g/mol. The van der Waals surface area contributed by atoms with Crippen LogP contribution in [0.2, 0.25) is 0 Å². The number of carbonyl (C=O) groups excluding carboxylic acids is 1. The van der Waals surface area contributed by atoms with Crippen molar-refractivity contribution in [2.24, 2.45) is 0 Å². The Balaban J connectivity index is 1.69. The van der Waals surface area contributed by atoms with Crippen molar-refractivity contribution in [3.8, 4) is 0 Å². The summed E-state index contributed by atoms with van der Waals surface area (Å²) in [5, 5.41) is 11.8. The summed E-state index contributed by atoms with van der Waals surface area (Å²) in [5.74, 6) is 0.267. The van der Waals surface area contributed by atoms with Gasteiger partial charge in [-0.1, -0.05) is 0 Å². The molecule has 0 saturated heterocycles. The van der Waals surface area contributed by atoms with Gasteiger partial charge < -0.3 is 0 Å². The van der Waals surface area contributed by atoms with Crippen LogP contribution in [0.15, 0.2) is 42.7 Å². The molecule has 0 atom stereocenters. The molecule has 0 fully saturated rings. The molecule has 0 bridgehead atoms. The first-order valence-corrected chi connectivity index (χ1v) is 6.79. The molecule has 3 aromatic rings. The molecule has 0 saturated carbocycles. The van der Waals surface area contributed by atoms with Crippen LogP contribution in [0.3, 0.4) is 0 Å². The zero-order valence-corrected chi connectivity index (χ0v) is 12.3. The van der Waals surface area contributed by atoms with Crippen molar-refractivity contribution in [1.29, 1.82) is 0 Å². The first-order chi connectivity index (χ1) is 9.72. The van der Waals surface area contributed by atoms with Gasteiger partial charge in [0.15, 0.2) is 11.5 Å². The maximum atomic E-state index is 11.9. The number of nitrogens with one attached hydrogen (secondary N) is 2. The van der Waals surface area contributed by atoms with Gasteiger partial charge in [0.2, 0.25) is 0 Å². The Hall–Kier alpha value is -2.23. The molecule has 0 aliphatic heterocycles. The van der Waals surface area contributed by atoms with Gasteiger partial charge in [-0.05, 0) is 59.0 Å². The summed E-state index contributed by atoms with van der Waals surface area (Å²) < 4.78 is 2.59. The maximum absolute atomic E-state index is 11.9. The Morgan fingerprint density at radius 3 is 2.75 bits per heavy atom. The minimum absolute atomic E-state index is 0.230. The quantitative estimate of drug-likeness (QED) is 0.531. The van der Waals surface area contributed by atoms with Gasteiger partial charge >= 0.3 is 0 Å². The summed E-state index contributed by atoms with van der Waals surface area (Å²) in [6.45, 7) is 0. The highest BCUT2D eigenvalue weighted by molar-refractivity contribution is 14.1. The summed E-state index contributed by atoms with van der Waals surface area (Å²) in [6.07, 6.45) is 1.49. The highest BCUT2D eigenvalue weighted by Gasteiger charge is 2.05. The average molecular weight is 380 g/mol. The molecule has 2 aromatic heterocycles. The van der Waals surface area contributed by atoms with Gasteiger partial charge in [0.1, 0.15) is 6.33 Å². The molecule has 8 heteroatoms. The normalized spacial score (nSPS) is 10.4. The zero-order chi connectivity index (χ0) is 13.9. The van der Waals surface area contributed by atoms with E-state index in [-0.39, 0.29) is 5.91 Å². The third kappa shape index (κ3) is 2.69. The van der Waals surface area contributed by atoms with E-state index in [1.54, 1.807) is 24.3 Å². The van der Waals surface area contributed by atoms with Gasteiger partial charge in [0, 0.05) is 9.13 Å². The molecule has 0 radical (unpaired) electrons. The third-order valence-electron chi connectivity index (χ3n) is 2.57. The lowest BCUT2D eigenvalue weighted by Crippen LogP contribution is -2.30. The van der Waals surface area contributed by atoms with Crippen LogP contribution in [0.5, 0.6) is 0 Å². The van der Waals surface area contributed by atoms with Gasteiger partial charge in [-0.3, -0.25) is 15.6 Å². The second kappa shape index (κ2) is 5.41. The third-order valence-corrected chi connectivity index (χ3v) is 3.29. The molecule has 0 unspecified atom stereocenters. The fourth-order valence-electron chi connectivity index (χ4n) is 1.59. The Morgan fingerprint density at radius 1 is 1.15 bits per heavy atom. The van der Waals surface area contributed by atoms with Crippen LogP contribution in [0.25, 0.3) is 5.65 Å². The molecule has 3 rings (SSSR count). The molecule has 0 aliphatic carbocycles. The van der Waals surface area contributed by atoms with Crippen LogP contribution < -0.4 is 10.9 Å². The summed E-state index contributed by atoms with van der Waals surface area (Å²) in [4.78, 5) is 11.9. The average Bonchev–Trinajstić information content (AvgIpc) is 2.93. The highest BCUT2D eigenvalue weighted by Crippen LogP contribution is 2.07. The predicted octanol–water partition coefficient (Wildman–Crippen LogP) is 1.49.